The Kier molecular flexibility index (Phi) is 6.07. The first-order valence-electron chi connectivity index (χ1n) is 9.80. The molecule has 0 aliphatic carbocycles. The van der Waals surface area contributed by atoms with E-state index in [0.717, 1.165) is 28.0 Å². The number of rotatable bonds is 5. The number of carbonyl (C=O) groups excluding carboxylic acids is 1. The van der Waals surface area contributed by atoms with Crippen molar-refractivity contribution in [1.29, 1.82) is 0 Å². The zero-order valence-corrected chi connectivity index (χ0v) is 17.8. The highest BCUT2D eigenvalue weighted by molar-refractivity contribution is 5.92. The molecule has 0 amide bonds. The summed E-state index contributed by atoms with van der Waals surface area (Å²) in [5.41, 5.74) is 5.48. The summed E-state index contributed by atoms with van der Waals surface area (Å²) in [7, 11) is 1.41. The predicted molar refractivity (Wildman–Crippen MR) is 117 cm³/mol. The molecular formula is C26H28O3. The van der Waals surface area contributed by atoms with Crippen molar-refractivity contribution in [3.8, 4) is 16.9 Å². The smallest absolute Gasteiger partial charge is 0.337 e. The van der Waals surface area contributed by atoms with E-state index < -0.39 is 0 Å². The van der Waals surface area contributed by atoms with E-state index in [2.05, 4.69) is 52.0 Å². The second-order valence-electron chi connectivity index (χ2n) is 8.28. The number of ether oxygens (including phenoxy) is 2. The maximum Gasteiger partial charge on any atom is 0.337 e. The van der Waals surface area contributed by atoms with Crippen LogP contribution in [0.15, 0.2) is 66.7 Å². The van der Waals surface area contributed by atoms with E-state index in [0.29, 0.717) is 12.2 Å². The molecule has 0 N–H and O–H groups in total. The van der Waals surface area contributed by atoms with Gasteiger partial charge in [-0.15, -0.1) is 0 Å². The Hall–Kier alpha value is -3.07. The van der Waals surface area contributed by atoms with Crippen LogP contribution in [0.2, 0.25) is 0 Å². The minimum atomic E-state index is -0.349. The average Bonchev–Trinajstić information content (AvgIpc) is 2.71. The molecule has 3 nitrogen and oxygen atoms in total. The van der Waals surface area contributed by atoms with Crippen LogP contribution in [0.1, 0.15) is 47.8 Å². The van der Waals surface area contributed by atoms with E-state index in [1.54, 1.807) is 0 Å². The highest BCUT2D eigenvalue weighted by atomic mass is 16.5. The Balaban J connectivity index is 2.18. The summed E-state index contributed by atoms with van der Waals surface area (Å²) in [6, 6.07) is 22.1. The molecule has 0 atom stereocenters. The van der Waals surface area contributed by atoms with E-state index in [4.69, 9.17) is 9.47 Å². The maximum absolute atomic E-state index is 12.4. The largest absolute Gasteiger partial charge is 0.488 e. The van der Waals surface area contributed by atoms with Crippen molar-refractivity contribution < 1.29 is 14.3 Å². The van der Waals surface area contributed by atoms with Gasteiger partial charge in [-0.25, -0.2) is 4.79 Å². The van der Waals surface area contributed by atoms with Gasteiger partial charge in [0.25, 0.3) is 0 Å². The highest BCUT2D eigenvalue weighted by Gasteiger charge is 2.25. The molecule has 0 saturated carbocycles. The number of benzene rings is 3. The third-order valence-electron chi connectivity index (χ3n) is 4.91. The molecular weight excluding hydrogens is 360 g/mol. The minimum absolute atomic E-state index is 0.213. The summed E-state index contributed by atoms with van der Waals surface area (Å²) >= 11 is 0. The lowest BCUT2D eigenvalue weighted by atomic mass is 9.83. The molecule has 0 spiro atoms. The molecule has 0 radical (unpaired) electrons. The topological polar surface area (TPSA) is 35.5 Å². The van der Waals surface area contributed by atoms with Gasteiger partial charge in [0.05, 0.1) is 12.7 Å². The molecule has 0 aliphatic rings. The Morgan fingerprint density at radius 1 is 0.931 bits per heavy atom. The molecule has 3 rings (SSSR count). The number of carbonyl (C=O) groups is 1. The first kappa shape index (κ1) is 20.7. The molecule has 0 heterocycles. The third-order valence-corrected chi connectivity index (χ3v) is 4.91. The van der Waals surface area contributed by atoms with Gasteiger partial charge in [0, 0.05) is 11.1 Å². The normalized spacial score (nSPS) is 11.2. The fraction of sp³-hybridized carbons (Fsp3) is 0.269. The second-order valence-corrected chi connectivity index (χ2v) is 8.28. The zero-order valence-electron chi connectivity index (χ0n) is 17.8. The van der Waals surface area contributed by atoms with Gasteiger partial charge in [-0.2, -0.15) is 0 Å². The van der Waals surface area contributed by atoms with Crippen molar-refractivity contribution in [2.45, 2.75) is 39.7 Å². The van der Waals surface area contributed by atoms with Crippen molar-refractivity contribution in [1.82, 2.24) is 0 Å². The van der Waals surface area contributed by atoms with Crippen LogP contribution >= 0.6 is 0 Å². The summed E-state index contributed by atoms with van der Waals surface area (Å²) in [5, 5.41) is 0. The van der Waals surface area contributed by atoms with Crippen LogP contribution in [0.5, 0.6) is 5.75 Å². The van der Waals surface area contributed by atoms with Gasteiger partial charge < -0.3 is 9.47 Å². The minimum Gasteiger partial charge on any atom is -0.488 e. The molecule has 0 aliphatic heterocycles. The fourth-order valence-corrected chi connectivity index (χ4v) is 3.25. The first-order valence-corrected chi connectivity index (χ1v) is 9.80. The van der Waals surface area contributed by atoms with Gasteiger partial charge in [0.1, 0.15) is 12.4 Å². The molecule has 3 aromatic rings. The van der Waals surface area contributed by atoms with E-state index in [1.165, 1.54) is 12.7 Å². The van der Waals surface area contributed by atoms with Crippen LogP contribution in [0, 0.1) is 6.92 Å². The summed E-state index contributed by atoms with van der Waals surface area (Å²) < 4.78 is 11.4. The van der Waals surface area contributed by atoms with Crippen LogP contribution < -0.4 is 4.74 Å². The van der Waals surface area contributed by atoms with Crippen molar-refractivity contribution in [2.24, 2.45) is 0 Å². The molecule has 0 saturated heterocycles. The fourth-order valence-electron chi connectivity index (χ4n) is 3.25. The van der Waals surface area contributed by atoms with Crippen LogP contribution in [0.3, 0.4) is 0 Å². The Morgan fingerprint density at radius 2 is 1.59 bits per heavy atom. The summed E-state index contributed by atoms with van der Waals surface area (Å²) in [5.74, 6) is 0.455. The van der Waals surface area contributed by atoms with E-state index in [9.17, 15) is 4.79 Å². The molecule has 0 aromatic heterocycles. The lowest BCUT2D eigenvalue weighted by Crippen LogP contribution is -2.16. The summed E-state index contributed by atoms with van der Waals surface area (Å²) in [4.78, 5) is 12.4. The van der Waals surface area contributed by atoms with Gasteiger partial charge >= 0.3 is 5.97 Å². The van der Waals surface area contributed by atoms with E-state index in [1.807, 2.05) is 42.5 Å². The number of methoxy groups -OCH3 is 1. The van der Waals surface area contributed by atoms with Gasteiger partial charge in [-0.05, 0) is 35.6 Å². The van der Waals surface area contributed by atoms with Gasteiger partial charge in [-0.3, -0.25) is 0 Å². The van der Waals surface area contributed by atoms with Crippen molar-refractivity contribution >= 4 is 5.97 Å². The Bertz CT molecular complexity index is 981. The van der Waals surface area contributed by atoms with Gasteiger partial charge in [0.2, 0.25) is 0 Å². The van der Waals surface area contributed by atoms with Crippen LogP contribution in [0.25, 0.3) is 11.1 Å². The standard InChI is InChI=1S/C26H28O3/c1-18-11-13-20(14-12-18)22-15-21(25(27)28-5)16-23(26(2,3)4)24(22)29-17-19-9-7-6-8-10-19/h6-16H,17H2,1-5H3. The number of esters is 1. The lowest BCUT2D eigenvalue weighted by molar-refractivity contribution is 0.0600. The Morgan fingerprint density at radius 3 is 2.17 bits per heavy atom. The molecule has 29 heavy (non-hydrogen) atoms. The average molecular weight is 389 g/mol. The highest BCUT2D eigenvalue weighted by Crippen LogP contribution is 2.41. The van der Waals surface area contributed by atoms with E-state index >= 15 is 0 Å². The van der Waals surface area contributed by atoms with Crippen molar-refractivity contribution in [3.05, 3.63) is 89.0 Å². The van der Waals surface area contributed by atoms with Crippen LogP contribution in [0.4, 0.5) is 0 Å². The molecule has 0 bridgehead atoms. The van der Waals surface area contributed by atoms with Crippen molar-refractivity contribution in [2.75, 3.05) is 7.11 Å². The predicted octanol–water partition coefficient (Wildman–Crippen LogP) is 6.33. The van der Waals surface area contributed by atoms with Crippen LogP contribution in [-0.2, 0) is 16.8 Å². The molecule has 0 fully saturated rings. The molecule has 0 unspecified atom stereocenters. The van der Waals surface area contributed by atoms with Gasteiger partial charge in [-0.1, -0.05) is 80.9 Å². The number of aryl methyl sites for hydroxylation is 1. The zero-order chi connectivity index (χ0) is 21.0. The van der Waals surface area contributed by atoms with E-state index in [-0.39, 0.29) is 11.4 Å². The summed E-state index contributed by atoms with van der Waals surface area (Å²) in [6.07, 6.45) is 0. The Labute approximate surface area is 173 Å². The SMILES string of the molecule is COC(=O)c1cc(-c2ccc(C)cc2)c(OCc2ccccc2)c(C(C)(C)C)c1. The maximum atomic E-state index is 12.4. The second kappa shape index (κ2) is 8.52. The third kappa shape index (κ3) is 4.86. The molecule has 150 valence electrons. The number of hydrogen-bond acceptors (Lipinski definition) is 3. The van der Waals surface area contributed by atoms with Gasteiger partial charge in [0.15, 0.2) is 0 Å². The first-order chi connectivity index (χ1) is 13.8. The lowest BCUT2D eigenvalue weighted by Gasteiger charge is -2.26. The molecule has 3 aromatic carbocycles. The molecule has 3 heteroatoms. The monoisotopic (exact) mass is 388 g/mol. The number of hydrogen-bond donors (Lipinski definition) is 0. The van der Waals surface area contributed by atoms with Crippen molar-refractivity contribution in [3.63, 3.8) is 0 Å². The van der Waals surface area contributed by atoms with Crippen LogP contribution in [-0.4, -0.2) is 13.1 Å². The quantitative estimate of drug-likeness (QED) is 0.479. The summed E-state index contributed by atoms with van der Waals surface area (Å²) in [6.45, 7) is 8.88.